The molecule has 0 amide bonds. The molecule has 0 aromatic carbocycles. The summed E-state index contributed by atoms with van der Waals surface area (Å²) in [6, 6.07) is 0. The molecule has 1 aliphatic rings. The van der Waals surface area contributed by atoms with Gasteiger partial charge in [-0.05, 0) is 66.2 Å². The van der Waals surface area contributed by atoms with Crippen molar-refractivity contribution in [3.05, 3.63) is 0 Å². The summed E-state index contributed by atoms with van der Waals surface area (Å²) in [6.07, 6.45) is 4.77. The maximum atomic E-state index is 12.4. The van der Waals surface area contributed by atoms with Gasteiger partial charge in [0.2, 0.25) is 0 Å². The molecule has 0 aromatic rings. The second-order valence-corrected chi connectivity index (χ2v) is 7.33. The summed E-state index contributed by atoms with van der Waals surface area (Å²) in [5.74, 6) is -1.13. The van der Waals surface area contributed by atoms with E-state index < -0.39 is 16.8 Å². The molecule has 1 unspecified atom stereocenters. The molecule has 4 heteroatoms. The van der Waals surface area contributed by atoms with Crippen molar-refractivity contribution in [3.63, 3.8) is 0 Å². The van der Waals surface area contributed by atoms with E-state index in [0.29, 0.717) is 12.8 Å². The van der Waals surface area contributed by atoms with Gasteiger partial charge >= 0.3 is 11.9 Å². The van der Waals surface area contributed by atoms with E-state index in [1.165, 1.54) is 0 Å². The van der Waals surface area contributed by atoms with Gasteiger partial charge < -0.3 is 9.84 Å². The SMILES string of the molecule is CCC(C)(CC(C)(C)C(=O)OC1(C)CCCC1)C(=O)O. The van der Waals surface area contributed by atoms with Crippen molar-refractivity contribution in [2.24, 2.45) is 10.8 Å². The molecule has 0 spiro atoms. The lowest BCUT2D eigenvalue weighted by Crippen LogP contribution is -2.41. The molecule has 0 aliphatic heterocycles. The lowest BCUT2D eigenvalue weighted by atomic mass is 9.72. The van der Waals surface area contributed by atoms with Crippen LogP contribution in [0.15, 0.2) is 0 Å². The molecule has 20 heavy (non-hydrogen) atoms. The van der Waals surface area contributed by atoms with Crippen LogP contribution in [0, 0.1) is 10.8 Å². The van der Waals surface area contributed by atoms with Crippen LogP contribution in [0.5, 0.6) is 0 Å². The van der Waals surface area contributed by atoms with Crippen LogP contribution in [-0.4, -0.2) is 22.6 Å². The fourth-order valence-electron chi connectivity index (χ4n) is 2.99. The predicted molar refractivity (Wildman–Crippen MR) is 77.4 cm³/mol. The zero-order valence-electron chi connectivity index (χ0n) is 13.4. The molecule has 0 heterocycles. The Morgan fingerprint density at radius 2 is 1.70 bits per heavy atom. The number of esters is 1. The Bertz CT molecular complexity index is 380. The van der Waals surface area contributed by atoms with Gasteiger partial charge in [-0.3, -0.25) is 9.59 Å². The van der Waals surface area contributed by atoms with Gasteiger partial charge in [-0.1, -0.05) is 6.92 Å². The minimum atomic E-state index is -0.890. The summed E-state index contributed by atoms with van der Waals surface area (Å²) in [6.45, 7) is 9.08. The standard InChI is InChI=1S/C16H28O4/c1-6-15(4,12(17)18)11-14(2,3)13(19)20-16(5)9-7-8-10-16/h6-11H2,1-5H3,(H,17,18). The van der Waals surface area contributed by atoms with E-state index >= 15 is 0 Å². The Hall–Kier alpha value is -1.06. The molecule has 4 nitrogen and oxygen atoms in total. The van der Waals surface area contributed by atoms with E-state index in [1.807, 2.05) is 13.8 Å². The third kappa shape index (κ3) is 3.74. The van der Waals surface area contributed by atoms with E-state index in [4.69, 9.17) is 4.74 Å². The quantitative estimate of drug-likeness (QED) is 0.754. The zero-order chi connectivity index (χ0) is 15.6. The topological polar surface area (TPSA) is 63.6 Å². The van der Waals surface area contributed by atoms with Gasteiger partial charge in [-0.25, -0.2) is 0 Å². The van der Waals surface area contributed by atoms with E-state index in [0.717, 1.165) is 25.7 Å². The van der Waals surface area contributed by atoms with Crippen LogP contribution >= 0.6 is 0 Å². The van der Waals surface area contributed by atoms with Crippen molar-refractivity contribution in [2.75, 3.05) is 0 Å². The van der Waals surface area contributed by atoms with Crippen LogP contribution < -0.4 is 0 Å². The first-order chi connectivity index (χ1) is 9.05. The van der Waals surface area contributed by atoms with Crippen molar-refractivity contribution >= 4 is 11.9 Å². The highest BCUT2D eigenvalue weighted by Crippen LogP contribution is 2.40. The average Bonchev–Trinajstić information content (AvgIpc) is 2.74. The smallest absolute Gasteiger partial charge is 0.312 e. The third-order valence-corrected chi connectivity index (χ3v) is 4.68. The molecule has 1 rings (SSSR count). The van der Waals surface area contributed by atoms with Crippen molar-refractivity contribution < 1.29 is 19.4 Å². The number of rotatable bonds is 6. The van der Waals surface area contributed by atoms with Crippen LogP contribution in [0.25, 0.3) is 0 Å². The molecular weight excluding hydrogens is 256 g/mol. The van der Waals surface area contributed by atoms with E-state index in [9.17, 15) is 14.7 Å². The van der Waals surface area contributed by atoms with Crippen LogP contribution in [0.4, 0.5) is 0 Å². The molecule has 116 valence electrons. The van der Waals surface area contributed by atoms with Crippen LogP contribution in [0.2, 0.25) is 0 Å². The molecule has 1 fully saturated rings. The van der Waals surface area contributed by atoms with Gasteiger partial charge in [0.1, 0.15) is 5.60 Å². The number of hydrogen-bond donors (Lipinski definition) is 1. The number of ether oxygens (including phenoxy) is 1. The fourth-order valence-corrected chi connectivity index (χ4v) is 2.99. The number of carbonyl (C=O) groups is 2. The normalized spacial score (nSPS) is 21.2. The largest absolute Gasteiger partial charge is 0.481 e. The highest BCUT2D eigenvalue weighted by atomic mass is 16.6. The van der Waals surface area contributed by atoms with E-state index in [-0.39, 0.29) is 11.6 Å². The van der Waals surface area contributed by atoms with Gasteiger partial charge in [0.15, 0.2) is 0 Å². The second-order valence-electron chi connectivity index (χ2n) is 7.33. The minimum Gasteiger partial charge on any atom is -0.481 e. The molecule has 0 aromatic heterocycles. The fraction of sp³-hybridized carbons (Fsp3) is 0.875. The minimum absolute atomic E-state index is 0.275. The summed E-state index contributed by atoms with van der Waals surface area (Å²) < 4.78 is 5.70. The first kappa shape index (κ1) is 17.0. The van der Waals surface area contributed by atoms with E-state index in [2.05, 4.69) is 0 Å². The molecule has 0 radical (unpaired) electrons. The highest BCUT2D eigenvalue weighted by molar-refractivity contribution is 5.79. The maximum absolute atomic E-state index is 12.4. The number of carbonyl (C=O) groups excluding carboxylic acids is 1. The summed E-state index contributed by atoms with van der Waals surface area (Å²) in [7, 11) is 0. The van der Waals surface area contributed by atoms with Crippen molar-refractivity contribution in [2.45, 2.75) is 78.7 Å². The molecule has 1 N–H and O–H groups in total. The molecule has 0 saturated heterocycles. The highest BCUT2D eigenvalue weighted by Gasteiger charge is 2.44. The molecular formula is C16H28O4. The summed E-state index contributed by atoms with van der Waals surface area (Å²) in [5, 5.41) is 9.36. The van der Waals surface area contributed by atoms with Gasteiger partial charge in [0.25, 0.3) is 0 Å². The van der Waals surface area contributed by atoms with Crippen LogP contribution in [0.1, 0.15) is 73.1 Å². The monoisotopic (exact) mass is 284 g/mol. The lowest BCUT2D eigenvalue weighted by molar-refractivity contribution is -0.171. The second kappa shape index (κ2) is 5.74. The molecule has 0 bridgehead atoms. The predicted octanol–water partition coefficient (Wildman–Crippen LogP) is 3.78. The van der Waals surface area contributed by atoms with E-state index in [1.54, 1.807) is 20.8 Å². The molecule has 1 atom stereocenters. The lowest BCUT2D eigenvalue weighted by Gasteiger charge is -2.35. The number of carboxylic acids is 1. The Morgan fingerprint density at radius 1 is 1.20 bits per heavy atom. The summed E-state index contributed by atoms with van der Waals surface area (Å²) in [4.78, 5) is 23.8. The maximum Gasteiger partial charge on any atom is 0.312 e. The number of carboxylic acid groups (broad SMARTS) is 1. The Kier molecular flexibility index (Phi) is 4.88. The van der Waals surface area contributed by atoms with Crippen LogP contribution in [0.3, 0.4) is 0 Å². The van der Waals surface area contributed by atoms with Crippen molar-refractivity contribution in [1.82, 2.24) is 0 Å². The van der Waals surface area contributed by atoms with Gasteiger partial charge in [0.05, 0.1) is 10.8 Å². The molecule has 1 saturated carbocycles. The first-order valence-electron chi connectivity index (χ1n) is 7.51. The first-order valence-corrected chi connectivity index (χ1v) is 7.51. The van der Waals surface area contributed by atoms with Crippen molar-refractivity contribution in [3.8, 4) is 0 Å². The van der Waals surface area contributed by atoms with Gasteiger partial charge in [-0.15, -0.1) is 0 Å². The third-order valence-electron chi connectivity index (χ3n) is 4.68. The number of hydrogen-bond acceptors (Lipinski definition) is 3. The van der Waals surface area contributed by atoms with Gasteiger partial charge in [-0.2, -0.15) is 0 Å². The average molecular weight is 284 g/mol. The summed E-state index contributed by atoms with van der Waals surface area (Å²) >= 11 is 0. The zero-order valence-corrected chi connectivity index (χ0v) is 13.4. The Morgan fingerprint density at radius 3 is 2.10 bits per heavy atom. The van der Waals surface area contributed by atoms with Crippen LogP contribution in [-0.2, 0) is 14.3 Å². The Labute approximate surface area is 121 Å². The van der Waals surface area contributed by atoms with Gasteiger partial charge in [0, 0.05) is 0 Å². The Balaban J connectivity index is 2.77. The van der Waals surface area contributed by atoms with Crippen molar-refractivity contribution in [1.29, 1.82) is 0 Å². The summed E-state index contributed by atoms with van der Waals surface area (Å²) in [5.41, 5.74) is -2.03. The molecule has 1 aliphatic carbocycles. The number of aliphatic carboxylic acids is 1.